The van der Waals surface area contributed by atoms with Crippen LogP contribution in [0, 0.1) is 0 Å². The van der Waals surface area contributed by atoms with E-state index < -0.39 is 0 Å². The molecule has 6 heteroatoms. The number of rotatable bonds is 4. The molecule has 6 nitrogen and oxygen atoms in total. The van der Waals surface area contributed by atoms with Crippen molar-refractivity contribution in [2.75, 3.05) is 7.11 Å². The second kappa shape index (κ2) is 5.96. The van der Waals surface area contributed by atoms with E-state index in [0.29, 0.717) is 13.0 Å². The maximum absolute atomic E-state index is 12.3. The highest BCUT2D eigenvalue weighted by Gasteiger charge is 2.33. The van der Waals surface area contributed by atoms with Crippen LogP contribution in [0.5, 0.6) is 5.75 Å². The van der Waals surface area contributed by atoms with Crippen LogP contribution in [0.2, 0.25) is 0 Å². The van der Waals surface area contributed by atoms with Crippen molar-refractivity contribution in [3.63, 3.8) is 0 Å². The van der Waals surface area contributed by atoms with Crippen molar-refractivity contribution in [1.29, 1.82) is 0 Å². The van der Waals surface area contributed by atoms with Crippen LogP contribution < -0.4 is 4.74 Å². The molecule has 24 heavy (non-hydrogen) atoms. The molecular weight excluding hydrogens is 304 g/mol. The van der Waals surface area contributed by atoms with Gasteiger partial charge in [0.15, 0.2) is 0 Å². The van der Waals surface area contributed by atoms with Crippen molar-refractivity contribution in [3.8, 4) is 5.75 Å². The Kier molecular flexibility index (Phi) is 3.65. The number of benzene rings is 2. The van der Waals surface area contributed by atoms with Gasteiger partial charge in [0.2, 0.25) is 5.91 Å². The van der Waals surface area contributed by atoms with Crippen molar-refractivity contribution >= 4 is 16.9 Å². The molecule has 2 aromatic carbocycles. The van der Waals surface area contributed by atoms with Crippen molar-refractivity contribution in [2.45, 2.75) is 25.6 Å². The Bertz CT molecular complexity index is 839. The van der Waals surface area contributed by atoms with Gasteiger partial charge in [-0.2, -0.15) is 15.0 Å². The quantitative estimate of drug-likeness (QED) is 0.741. The summed E-state index contributed by atoms with van der Waals surface area (Å²) in [6, 6.07) is 15.5. The Morgan fingerprint density at radius 2 is 1.75 bits per heavy atom. The third-order valence-electron chi connectivity index (χ3n) is 4.38. The highest BCUT2D eigenvalue weighted by molar-refractivity contribution is 5.78. The topological polar surface area (TPSA) is 60.2 Å². The average Bonchev–Trinajstić information content (AvgIpc) is 3.19. The summed E-state index contributed by atoms with van der Waals surface area (Å²) in [6.45, 7) is 0.547. The van der Waals surface area contributed by atoms with Crippen molar-refractivity contribution in [1.82, 2.24) is 19.9 Å². The number of nitrogens with zero attached hydrogens (tertiary/aromatic N) is 4. The van der Waals surface area contributed by atoms with Crippen LogP contribution in [0.3, 0.4) is 0 Å². The maximum atomic E-state index is 12.3. The lowest BCUT2D eigenvalue weighted by molar-refractivity contribution is -0.131. The molecule has 1 aliphatic heterocycles. The number of amides is 1. The third kappa shape index (κ3) is 2.60. The first kappa shape index (κ1) is 14.7. The van der Waals surface area contributed by atoms with Crippen LogP contribution in [0.1, 0.15) is 24.6 Å². The van der Waals surface area contributed by atoms with Gasteiger partial charge in [-0.1, -0.05) is 24.3 Å². The molecule has 1 aliphatic rings. The maximum Gasteiger partial charge on any atom is 0.224 e. The Balaban J connectivity index is 1.60. The second-order valence-electron chi connectivity index (χ2n) is 5.90. The minimum absolute atomic E-state index is 0.132. The zero-order valence-corrected chi connectivity index (χ0v) is 13.4. The monoisotopic (exact) mass is 322 g/mol. The molecule has 0 bridgehead atoms. The van der Waals surface area contributed by atoms with Crippen LogP contribution in [-0.2, 0) is 11.3 Å². The van der Waals surface area contributed by atoms with E-state index in [4.69, 9.17) is 4.74 Å². The summed E-state index contributed by atoms with van der Waals surface area (Å²) >= 11 is 0. The number of ether oxygens (including phenoxy) is 1. The number of fused-ring (bicyclic) bond motifs is 1. The molecular formula is C18H18N4O2. The van der Waals surface area contributed by atoms with Gasteiger partial charge >= 0.3 is 0 Å². The van der Waals surface area contributed by atoms with E-state index in [1.807, 2.05) is 53.4 Å². The van der Waals surface area contributed by atoms with E-state index >= 15 is 0 Å². The molecule has 1 aromatic heterocycles. The number of likely N-dealkylation sites (tertiary alicyclic amines) is 1. The fraction of sp³-hybridized carbons (Fsp3) is 0.278. The summed E-state index contributed by atoms with van der Waals surface area (Å²) in [5.41, 5.74) is 2.76. The minimum Gasteiger partial charge on any atom is -0.497 e. The molecule has 1 atom stereocenters. The fourth-order valence-corrected chi connectivity index (χ4v) is 3.09. The van der Waals surface area contributed by atoms with Gasteiger partial charge in [0.05, 0.1) is 7.11 Å². The van der Waals surface area contributed by atoms with Crippen molar-refractivity contribution in [3.05, 3.63) is 54.1 Å². The van der Waals surface area contributed by atoms with E-state index in [0.717, 1.165) is 28.8 Å². The molecule has 0 saturated carbocycles. The van der Waals surface area contributed by atoms with E-state index in [2.05, 4.69) is 10.2 Å². The molecule has 122 valence electrons. The van der Waals surface area contributed by atoms with E-state index in [-0.39, 0.29) is 12.1 Å². The molecule has 1 saturated heterocycles. The largest absolute Gasteiger partial charge is 0.497 e. The highest BCUT2D eigenvalue weighted by Crippen LogP contribution is 2.29. The van der Waals surface area contributed by atoms with Gasteiger partial charge in [-0.15, -0.1) is 0 Å². The van der Waals surface area contributed by atoms with E-state index in [1.165, 1.54) is 0 Å². The zero-order valence-electron chi connectivity index (χ0n) is 13.4. The van der Waals surface area contributed by atoms with Crippen LogP contribution in [0.15, 0.2) is 48.5 Å². The second-order valence-corrected chi connectivity index (χ2v) is 5.90. The van der Waals surface area contributed by atoms with Crippen LogP contribution in [0.25, 0.3) is 11.0 Å². The average molecular weight is 322 g/mol. The molecule has 0 radical (unpaired) electrons. The number of aromatic nitrogens is 3. The molecule has 0 aliphatic carbocycles. The Morgan fingerprint density at radius 1 is 1.08 bits per heavy atom. The Morgan fingerprint density at radius 3 is 2.38 bits per heavy atom. The predicted octanol–water partition coefficient (Wildman–Crippen LogP) is 2.76. The summed E-state index contributed by atoms with van der Waals surface area (Å²) in [5.74, 6) is 0.945. The van der Waals surface area contributed by atoms with Gasteiger partial charge in [-0.05, 0) is 36.2 Å². The van der Waals surface area contributed by atoms with E-state index in [9.17, 15) is 4.79 Å². The zero-order chi connectivity index (χ0) is 16.5. The molecule has 2 heterocycles. The molecule has 0 spiro atoms. The molecule has 1 fully saturated rings. The van der Waals surface area contributed by atoms with Crippen LogP contribution >= 0.6 is 0 Å². The fourth-order valence-electron chi connectivity index (χ4n) is 3.09. The van der Waals surface area contributed by atoms with Gasteiger partial charge in [-0.25, -0.2) is 0 Å². The molecule has 1 unspecified atom stereocenters. The summed E-state index contributed by atoms with van der Waals surface area (Å²) in [6.07, 6.45) is 1.13. The first-order valence-corrected chi connectivity index (χ1v) is 7.98. The lowest BCUT2D eigenvalue weighted by Crippen LogP contribution is -2.31. The van der Waals surface area contributed by atoms with Gasteiger partial charge in [0, 0.05) is 13.0 Å². The lowest BCUT2D eigenvalue weighted by atomic mass is 10.2. The number of hydrogen-bond donors (Lipinski definition) is 0. The van der Waals surface area contributed by atoms with Gasteiger partial charge in [0.25, 0.3) is 0 Å². The number of hydrogen-bond acceptors (Lipinski definition) is 4. The van der Waals surface area contributed by atoms with Gasteiger partial charge in [0.1, 0.15) is 22.9 Å². The summed E-state index contributed by atoms with van der Waals surface area (Å²) < 4.78 is 5.18. The standard InChI is InChI=1S/C18H18N4O2/c1-24-14-8-6-13(7-9-14)12-21-17(10-11-18(21)23)22-19-15-4-2-3-5-16(15)20-22/h2-9,17H,10-12H2,1H3. The molecule has 0 N–H and O–H groups in total. The van der Waals surface area contributed by atoms with Crippen molar-refractivity contribution < 1.29 is 9.53 Å². The number of carbonyl (C=O) groups is 1. The summed E-state index contributed by atoms with van der Waals surface area (Å²) in [4.78, 5) is 15.9. The van der Waals surface area contributed by atoms with Gasteiger partial charge < -0.3 is 9.64 Å². The molecule has 4 rings (SSSR count). The number of methoxy groups -OCH3 is 1. The third-order valence-corrected chi connectivity index (χ3v) is 4.38. The van der Waals surface area contributed by atoms with Crippen LogP contribution in [0.4, 0.5) is 0 Å². The van der Waals surface area contributed by atoms with Gasteiger partial charge in [-0.3, -0.25) is 4.79 Å². The lowest BCUT2D eigenvalue weighted by Gasteiger charge is -2.24. The Labute approximate surface area is 139 Å². The first-order chi connectivity index (χ1) is 11.7. The van der Waals surface area contributed by atoms with Crippen LogP contribution in [-0.4, -0.2) is 32.9 Å². The highest BCUT2D eigenvalue weighted by atomic mass is 16.5. The van der Waals surface area contributed by atoms with Crippen molar-refractivity contribution in [2.24, 2.45) is 0 Å². The number of carbonyl (C=O) groups excluding carboxylic acids is 1. The Hall–Kier alpha value is -2.89. The summed E-state index contributed by atoms with van der Waals surface area (Å²) in [5, 5.41) is 9.08. The first-order valence-electron chi connectivity index (χ1n) is 7.98. The molecule has 3 aromatic rings. The molecule has 1 amide bonds. The smallest absolute Gasteiger partial charge is 0.224 e. The minimum atomic E-state index is -0.132. The van der Waals surface area contributed by atoms with E-state index in [1.54, 1.807) is 11.9 Å². The predicted molar refractivity (Wildman–Crippen MR) is 89.3 cm³/mol. The SMILES string of the molecule is COc1ccc(CN2C(=O)CCC2n2nc3ccccc3n2)cc1. The summed E-state index contributed by atoms with van der Waals surface area (Å²) in [7, 11) is 1.64. The normalized spacial score (nSPS) is 17.6.